The first-order valence-electron chi connectivity index (χ1n) is 6.26. The molecule has 1 aromatic heterocycles. The average molecular weight is 322 g/mol. The van der Waals surface area contributed by atoms with Crippen molar-refractivity contribution in [3.63, 3.8) is 0 Å². The molecule has 0 amide bonds. The van der Waals surface area contributed by atoms with Crippen LogP contribution in [0.2, 0.25) is 0 Å². The summed E-state index contributed by atoms with van der Waals surface area (Å²) in [6.45, 7) is 1.33. The van der Waals surface area contributed by atoms with E-state index >= 15 is 0 Å². The SMILES string of the molecule is COC(=O)c1cc(C(=O)OC)c2c([N+](=O)[O-])c(C)cc(F)c2n1. The highest BCUT2D eigenvalue weighted by atomic mass is 19.1. The highest BCUT2D eigenvalue weighted by molar-refractivity contribution is 6.09. The molecule has 0 saturated carbocycles. The van der Waals surface area contributed by atoms with Crippen LogP contribution < -0.4 is 0 Å². The monoisotopic (exact) mass is 322 g/mol. The van der Waals surface area contributed by atoms with Gasteiger partial charge in [-0.15, -0.1) is 0 Å². The first-order valence-corrected chi connectivity index (χ1v) is 6.26. The van der Waals surface area contributed by atoms with E-state index in [2.05, 4.69) is 14.5 Å². The minimum absolute atomic E-state index is 0.0118. The van der Waals surface area contributed by atoms with E-state index in [1.54, 1.807) is 0 Å². The first kappa shape index (κ1) is 16.3. The van der Waals surface area contributed by atoms with Gasteiger partial charge in [-0.1, -0.05) is 0 Å². The molecule has 9 heteroatoms. The molecule has 120 valence electrons. The van der Waals surface area contributed by atoms with E-state index in [0.717, 1.165) is 26.4 Å². The van der Waals surface area contributed by atoms with Crippen LogP contribution >= 0.6 is 0 Å². The van der Waals surface area contributed by atoms with Crippen LogP contribution in [-0.2, 0) is 9.47 Å². The number of nitrogens with zero attached hydrogens (tertiary/aromatic N) is 2. The summed E-state index contributed by atoms with van der Waals surface area (Å²) < 4.78 is 23.2. The summed E-state index contributed by atoms with van der Waals surface area (Å²) in [4.78, 5) is 37.9. The number of aromatic nitrogens is 1. The number of rotatable bonds is 3. The van der Waals surface area contributed by atoms with Gasteiger partial charge in [-0.25, -0.2) is 19.0 Å². The number of fused-ring (bicyclic) bond motifs is 1. The topological polar surface area (TPSA) is 109 Å². The fourth-order valence-corrected chi connectivity index (χ4v) is 2.20. The molecule has 2 aromatic rings. The van der Waals surface area contributed by atoms with E-state index in [1.165, 1.54) is 6.92 Å². The van der Waals surface area contributed by atoms with Crippen LogP contribution in [0.15, 0.2) is 12.1 Å². The molecule has 2 rings (SSSR count). The zero-order valence-corrected chi connectivity index (χ0v) is 12.4. The number of nitro benzene ring substituents is 1. The van der Waals surface area contributed by atoms with Crippen molar-refractivity contribution in [2.45, 2.75) is 6.92 Å². The van der Waals surface area contributed by atoms with Crippen LogP contribution in [-0.4, -0.2) is 36.1 Å². The van der Waals surface area contributed by atoms with Crippen molar-refractivity contribution in [2.24, 2.45) is 0 Å². The van der Waals surface area contributed by atoms with Crippen LogP contribution in [0.5, 0.6) is 0 Å². The number of aryl methyl sites for hydroxylation is 1. The average Bonchev–Trinajstić information content (AvgIpc) is 2.52. The predicted molar refractivity (Wildman–Crippen MR) is 75.8 cm³/mol. The Balaban J connectivity index is 3.04. The Hall–Kier alpha value is -3.10. The van der Waals surface area contributed by atoms with E-state index in [9.17, 15) is 24.1 Å². The predicted octanol–water partition coefficient (Wildman–Crippen LogP) is 2.16. The van der Waals surface area contributed by atoms with Crippen molar-refractivity contribution >= 4 is 28.5 Å². The Kier molecular flexibility index (Phi) is 4.21. The number of methoxy groups -OCH3 is 2. The molecule has 1 heterocycles. The number of carbonyl (C=O) groups excluding carboxylic acids is 2. The molecule has 0 aliphatic heterocycles. The van der Waals surface area contributed by atoms with Gasteiger partial charge in [0.05, 0.1) is 30.1 Å². The fourth-order valence-electron chi connectivity index (χ4n) is 2.20. The molecule has 0 radical (unpaired) electrons. The van der Waals surface area contributed by atoms with Gasteiger partial charge >= 0.3 is 11.9 Å². The van der Waals surface area contributed by atoms with Crippen LogP contribution in [0, 0.1) is 22.9 Å². The van der Waals surface area contributed by atoms with Crippen molar-refractivity contribution in [3.8, 4) is 0 Å². The number of hydrogen-bond donors (Lipinski definition) is 0. The Morgan fingerprint density at radius 3 is 2.35 bits per heavy atom. The Morgan fingerprint density at radius 1 is 1.22 bits per heavy atom. The number of carbonyl (C=O) groups is 2. The van der Waals surface area contributed by atoms with Gasteiger partial charge in [0.25, 0.3) is 5.69 Å². The van der Waals surface area contributed by atoms with Gasteiger partial charge in [0.2, 0.25) is 0 Å². The lowest BCUT2D eigenvalue weighted by Crippen LogP contribution is -2.12. The van der Waals surface area contributed by atoms with Crippen LogP contribution in [0.4, 0.5) is 10.1 Å². The third-order valence-electron chi connectivity index (χ3n) is 3.18. The Morgan fingerprint density at radius 2 is 1.83 bits per heavy atom. The van der Waals surface area contributed by atoms with E-state index in [4.69, 9.17) is 0 Å². The second-order valence-electron chi connectivity index (χ2n) is 4.54. The van der Waals surface area contributed by atoms with Crippen molar-refractivity contribution in [1.29, 1.82) is 0 Å². The quantitative estimate of drug-likeness (QED) is 0.484. The largest absolute Gasteiger partial charge is 0.465 e. The van der Waals surface area contributed by atoms with Gasteiger partial charge in [0, 0.05) is 5.56 Å². The van der Waals surface area contributed by atoms with Gasteiger partial charge in [0.1, 0.15) is 17.0 Å². The van der Waals surface area contributed by atoms with Gasteiger partial charge in [-0.3, -0.25) is 10.1 Å². The molecule has 0 atom stereocenters. The molecule has 0 N–H and O–H groups in total. The number of benzene rings is 1. The zero-order valence-electron chi connectivity index (χ0n) is 12.4. The smallest absolute Gasteiger partial charge is 0.356 e. The normalized spacial score (nSPS) is 10.4. The molecule has 0 saturated heterocycles. The summed E-state index contributed by atoms with van der Waals surface area (Å²) in [5, 5.41) is 11.0. The summed E-state index contributed by atoms with van der Waals surface area (Å²) in [5.41, 5.74) is -1.65. The number of esters is 2. The lowest BCUT2D eigenvalue weighted by atomic mass is 10.0. The molecule has 1 aromatic carbocycles. The maximum Gasteiger partial charge on any atom is 0.356 e. The fraction of sp³-hybridized carbons (Fsp3) is 0.214. The van der Waals surface area contributed by atoms with Crippen LogP contribution in [0.25, 0.3) is 10.9 Å². The van der Waals surface area contributed by atoms with Crippen molar-refractivity contribution in [2.75, 3.05) is 14.2 Å². The van der Waals surface area contributed by atoms with Crippen molar-refractivity contribution in [1.82, 2.24) is 4.98 Å². The third-order valence-corrected chi connectivity index (χ3v) is 3.18. The van der Waals surface area contributed by atoms with E-state index in [-0.39, 0.29) is 22.2 Å². The molecule has 8 nitrogen and oxygen atoms in total. The molecule has 0 aliphatic rings. The highest BCUT2D eigenvalue weighted by Gasteiger charge is 2.28. The van der Waals surface area contributed by atoms with Gasteiger partial charge < -0.3 is 9.47 Å². The summed E-state index contributed by atoms with van der Waals surface area (Å²) in [7, 11) is 2.14. The van der Waals surface area contributed by atoms with E-state index < -0.39 is 33.9 Å². The minimum Gasteiger partial charge on any atom is -0.465 e. The zero-order chi connectivity index (χ0) is 17.3. The Bertz CT molecular complexity index is 849. The molecule has 0 fully saturated rings. The van der Waals surface area contributed by atoms with Crippen molar-refractivity contribution < 1.29 is 28.4 Å². The number of pyridine rings is 1. The number of nitro groups is 1. The number of halogens is 1. The standard InChI is InChI=1S/C14H11FN2O6/c1-6-4-8(15)11-10(12(6)17(20)21)7(13(18)22-2)5-9(16-11)14(19)23-3/h4-5H,1-3H3. The van der Waals surface area contributed by atoms with Crippen LogP contribution in [0.1, 0.15) is 26.4 Å². The highest BCUT2D eigenvalue weighted by Crippen LogP contribution is 2.34. The van der Waals surface area contributed by atoms with Gasteiger partial charge in [0.15, 0.2) is 0 Å². The third kappa shape index (κ3) is 2.68. The van der Waals surface area contributed by atoms with Gasteiger partial charge in [-0.05, 0) is 19.1 Å². The van der Waals surface area contributed by atoms with Crippen molar-refractivity contribution in [3.05, 3.63) is 44.9 Å². The lowest BCUT2D eigenvalue weighted by Gasteiger charge is -2.10. The molecule has 23 heavy (non-hydrogen) atoms. The Labute approximate surface area is 129 Å². The lowest BCUT2D eigenvalue weighted by molar-refractivity contribution is -0.383. The number of ether oxygens (including phenoxy) is 2. The second kappa shape index (κ2) is 5.95. The van der Waals surface area contributed by atoms with E-state index in [0.29, 0.717) is 0 Å². The summed E-state index contributed by atoms with van der Waals surface area (Å²) in [5.74, 6) is -2.78. The number of hydrogen-bond acceptors (Lipinski definition) is 7. The summed E-state index contributed by atoms with van der Waals surface area (Å²) in [6.07, 6.45) is 0. The van der Waals surface area contributed by atoms with Crippen LogP contribution in [0.3, 0.4) is 0 Å². The molecule has 0 unspecified atom stereocenters. The van der Waals surface area contributed by atoms with Gasteiger partial charge in [-0.2, -0.15) is 0 Å². The maximum absolute atomic E-state index is 14.2. The van der Waals surface area contributed by atoms with E-state index in [1.807, 2.05) is 0 Å². The minimum atomic E-state index is -0.962. The molecular formula is C14H11FN2O6. The maximum atomic E-state index is 14.2. The molecule has 0 bridgehead atoms. The summed E-state index contributed by atoms with van der Waals surface area (Å²) in [6, 6.07) is 1.89. The first-order chi connectivity index (χ1) is 10.8. The second-order valence-corrected chi connectivity index (χ2v) is 4.54. The molecular weight excluding hydrogens is 311 g/mol. The summed E-state index contributed by atoms with van der Waals surface area (Å²) >= 11 is 0. The molecule has 0 aliphatic carbocycles. The molecule has 0 spiro atoms.